The molecule has 13 heteroatoms. The first-order chi connectivity index (χ1) is 27.4. The van der Waals surface area contributed by atoms with Gasteiger partial charge in [-0.3, -0.25) is 0 Å². The van der Waals surface area contributed by atoms with E-state index in [0.717, 1.165) is 35.0 Å². The summed E-state index contributed by atoms with van der Waals surface area (Å²) in [7, 11) is 0. The van der Waals surface area contributed by atoms with Crippen LogP contribution in [0.3, 0.4) is 0 Å². The molecule has 0 aliphatic heterocycles. The molecule has 0 saturated heterocycles. The zero-order chi connectivity index (χ0) is 41.5. The van der Waals surface area contributed by atoms with Crippen molar-refractivity contribution in [2.45, 2.75) is 105 Å². The lowest BCUT2D eigenvalue weighted by Gasteiger charge is -2.16. The van der Waals surface area contributed by atoms with Crippen molar-refractivity contribution in [3.05, 3.63) is 93.0 Å². The molecule has 3 N–H and O–H groups in total. The van der Waals surface area contributed by atoms with Gasteiger partial charge in [0.2, 0.25) is 0 Å². The topological polar surface area (TPSA) is 131 Å². The molecule has 2 aromatic heterocycles. The molecule has 0 aliphatic rings. The van der Waals surface area contributed by atoms with Gasteiger partial charge in [-0.25, -0.2) is 0 Å². The van der Waals surface area contributed by atoms with Crippen LogP contribution in [0.2, 0.25) is 10.0 Å². The Morgan fingerprint density at radius 2 is 1.09 bits per heavy atom. The number of phenolic OH excluding ortho intramolecular Hbond substituents is 2. The fourth-order valence-corrected chi connectivity index (χ4v) is 6.86. The maximum absolute atomic E-state index is 10.8. The van der Waals surface area contributed by atoms with Crippen molar-refractivity contribution in [2.75, 3.05) is 13.2 Å². The molecule has 6 aromatic rings. The SMILES string of the molecule is CCCCC(CC)CO.CCCCC(CC)COCc1cc(C)cc(-n2nc3ccc(Cl)cc3n2)c1O.Cc1cc(CCl)c(O)c(-n2nc3ccc(Cl)cc3n2)c1. The molecule has 0 saturated carbocycles. The van der Waals surface area contributed by atoms with Crippen molar-refractivity contribution in [2.24, 2.45) is 11.8 Å². The molecule has 6 rings (SSSR count). The summed E-state index contributed by atoms with van der Waals surface area (Å²) < 4.78 is 5.94. The molecule has 308 valence electrons. The maximum Gasteiger partial charge on any atom is 0.148 e. The molecule has 2 heterocycles. The average molecular weight is 840 g/mol. The molecular formula is C44H57Cl3N6O4. The van der Waals surface area contributed by atoms with Crippen LogP contribution in [0.5, 0.6) is 11.5 Å². The van der Waals surface area contributed by atoms with E-state index in [1.54, 1.807) is 30.3 Å². The molecule has 2 atom stereocenters. The van der Waals surface area contributed by atoms with Crippen molar-refractivity contribution < 1.29 is 20.1 Å². The van der Waals surface area contributed by atoms with E-state index in [0.29, 0.717) is 75.2 Å². The minimum atomic E-state index is 0.0944. The number of aromatic nitrogens is 6. The van der Waals surface area contributed by atoms with E-state index in [4.69, 9.17) is 44.6 Å². The molecule has 0 spiro atoms. The first kappa shape index (κ1) is 45.8. The highest BCUT2D eigenvalue weighted by Crippen LogP contribution is 2.31. The van der Waals surface area contributed by atoms with E-state index >= 15 is 0 Å². The Balaban J connectivity index is 0.000000215. The van der Waals surface area contributed by atoms with E-state index < -0.39 is 0 Å². The fraction of sp³-hybridized carbons (Fsp3) is 0.455. The Bertz CT molecular complexity index is 2170. The van der Waals surface area contributed by atoms with E-state index in [1.165, 1.54) is 48.1 Å². The normalized spacial score (nSPS) is 12.2. The summed E-state index contributed by atoms with van der Waals surface area (Å²) in [6.07, 6.45) is 9.55. The van der Waals surface area contributed by atoms with E-state index in [2.05, 4.69) is 48.1 Å². The van der Waals surface area contributed by atoms with Crippen molar-refractivity contribution in [1.82, 2.24) is 30.0 Å². The van der Waals surface area contributed by atoms with Crippen molar-refractivity contribution in [1.29, 1.82) is 0 Å². The van der Waals surface area contributed by atoms with Gasteiger partial charge in [-0.2, -0.15) is 0 Å². The van der Waals surface area contributed by atoms with Gasteiger partial charge in [-0.1, -0.05) is 95.5 Å². The zero-order valence-corrected chi connectivity index (χ0v) is 36.2. The first-order valence-corrected chi connectivity index (χ1v) is 21.2. The number of hydrogen-bond acceptors (Lipinski definition) is 8. The third-order valence-corrected chi connectivity index (χ3v) is 10.6. The van der Waals surface area contributed by atoms with Crippen LogP contribution in [0.15, 0.2) is 60.7 Å². The summed E-state index contributed by atoms with van der Waals surface area (Å²) >= 11 is 17.8. The molecule has 0 fully saturated rings. The highest BCUT2D eigenvalue weighted by atomic mass is 35.5. The predicted molar refractivity (Wildman–Crippen MR) is 233 cm³/mol. The highest BCUT2D eigenvalue weighted by molar-refractivity contribution is 6.31. The lowest BCUT2D eigenvalue weighted by atomic mass is 10.0. The van der Waals surface area contributed by atoms with Crippen LogP contribution in [0.1, 0.15) is 101 Å². The number of fused-ring (bicyclic) bond motifs is 2. The lowest BCUT2D eigenvalue weighted by molar-refractivity contribution is 0.0807. The van der Waals surface area contributed by atoms with Crippen molar-refractivity contribution in [3.63, 3.8) is 0 Å². The summed E-state index contributed by atoms with van der Waals surface area (Å²) in [6, 6.07) is 18.1. The quantitative estimate of drug-likeness (QED) is 0.0821. The van der Waals surface area contributed by atoms with Gasteiger partial charge in [0.1, 0.15) is 44.9 Å². The second-order valence-corrected chi connectivity index (χ2v) is 15.6. The van der Waals surface area contributed by atoms with Gasteiger partial charge in [0.05, 0.1) is 12.5 Å². The van der Waals surface area contributed by atoms with E-state index in [1.807, 2.05) is 44.2 Å². The van der Waals surface area contributed by atoms with Crippen LogP contribution in [-0.4, -0.2) is 58.5 Å². The number of aryl methyl sites for hydroxylation is 2. The van der Waals surface area contributed by atoms with Crippen molar-refractivity contribution in [3.8, 4) is 22.9 Å². The Labute approximate surface area is 351 Å². The number of aromatic hydroxyl groups is 2. The first-order valence-electron chi connectivity index (χ1n) is 19.9. The van der Waals surface area contributed by atoms with E-state index in [-0.39, 0.29) is 17.4 Å². The number of ether oxygens (including phenoxy) is 1. The number of phenols is 2. The Morgan fingerprint density at radius 1 is 0.632 bits per heavy atom. The third kappa shape index (κ3) is 13.0. The number of benzene rings is 4. The molecule has 2 unspecified atom stereocenters. The van der Waals surface area contributed by atoms with Crippen LogP contribution in [-0.2, 0) is 17.2 Å². The van der Waals surface area contributed by atoms with Gasteiger partial charge >= 0.3 is 0 Å². The minimum Gasteiger partial charge on any atom is -0.505 e. The molecule has 0 bridgehead atoms. The maximum atomic E-state index is 10.8. The van der Waals surface area contributed by atoms with E-state index in [9.17, 15) is 10.2 Å². The van der Waals surface area contributed by atoms with Crippen molar-refractivity contribution >= 4 is 56.9 Å². The van der Waals surface area contributed by atoms with Crippen LogP contribution in [0.4, 0.5) is 0 Å². The smallest absolute Gasteiger partial charge is 0.148 e. The fourth-order valence-electron chi connectivity index (χ4n) is 6.33. The molecule has 57 heavy (non-hydrogen) atoms. The second kappa shape index (κ2) is 22.9. The number of alkyl halides is 1. The molecule has 10 nitrogen and oxygen atoms in total. The summed E-state index contributed by atoms with van der Waals surface area (Å²) in [6.45, 7) is 14.1. The predicted octanol–water partition coefficient (Wildman–Crippen LogP) is 11.8. The van der Waals surface area contributed by atoms with Gasteiger partial charge in [-0.05, 0) is 104 Å². The summed E-state index contributed by atoms with van der Waals surface area (Å²) in [4.78, 5) is 2.86. The largest absolute Gasteiger partial charge is 0.505 e. The van der Waals surface area contributed by atoms with Gasteiger partial charge < -0.3 is 20.1 Å². The number of rotatable bonds is 16. The monoisotopic (exact) mass is 838 g/mol. The molecule has 4 aromatic carbocycles. The minimum absolute atomic E-state index is 0.0944. The number of unbranched alkanes of at least 4 members (excludes halogenated alkanes) is 2. The number of halogens is 3. The number of nitrogens with zero attached hydrogens (tertiary/aromatic N) is 6. The second-order valence-electron chi connectivity index (χ2n) is 14.5. The van der Waals surface area contributed by atoms with Crippen LogP contribution in [0, 0.1) is 25.7 Å². The number of aliphatic hydroxyl groups is 1. The van der Waals surface area contributed by atoms with Crippen LogP contribution in [0.25, 0.3) is 33.4 Å². The Morgan fingerprint density at radius 3 is 1.54 bits per heavy atom. The summed E-state index contributed by atoms with van der Waals surface area (Å²) in [5.74, 6) is 1.60. The molecule has 0 radical (unpaired) electrons. The highest BCUT2D eigenvalue weighted by Gasteiger charge is 2.16. The Hall–Kier alpha value is -3.93. The van der Waals surface area contributed by atoms with Gasteiger partial charge in [-0.15, -0.1) is 41.6 Å². The lowest BCUT2D eigenvalue weighted by Crippen LogP contribution is -2.09. The van der Waals surface area contributed by atoms with Gasteiger partial charge in [0.15, 0.2) is 0 Å². The molecule has 0 aliphatic carbocycles. The average Bonchev–Trinajstić information content (AvgIpc) is 3.82. The molecular weight excluding hydrogens is 783 g/mol. The molecule has 0 amide bonds. The van der Waals surface area contributed by atoms with Crippen LogP contribution < -0.4 is 0 Å². The third-order valence-electron chi connectivity index (χ3n) is 9.84. The number of hydrogen-bond donors (Lipinski definition) is 3. The standard InChI is InChI=1S/C22H28ClN3O2.C14H11Cl2N3O.C8H18O/c1-4-6-7-16(5-2)13-28-14-17-10-15(3)11-21(22(17)27)26-24-19-9-8-18(23)12-20(19)25-26;1-8-4-9(7-15)14(20)13(5-8)19-17-11-3-2-10(16)6-12(11)18-19;1-3-5-6-8(4-2)7-9/h8-12,16,27H,4-7,13-14H2,1-3H3;2-6,20H,7H2,1H3;8-9H,3-7H2,1-2H3. The summed E-state index contributed by atoms with van der Waals surface area (Å²) in [5.41, 5.74) is 7.25. The van der Waals surface area contributed by atoms with Crippen LogP contribution >= 0.6 is 34.8 Å². The summed E-state index contributed by atoms with van der Waals surface area (Å²) in [5, 5.41) is 48.6. The number of aliphatic hydroxyl groups excluding tert-OH is 1. The Kier molecular flexibility index (Phi) is 18.4. The zero-order valence-electron chi connectivity index (χ0n) is 34.0. The van der Waals surface area contributed by atoms with Gasteiger partial charge in [0, 0.05) is 34.4 Å². The van der Waals surface area contributed by atoms with Gasteiger partial charge in [0.25, 0.3) is 0 Å².